The predicted molar refractivity (Wildman–Crippen MR) is 69.9 cm³/mol. The zero-order valence-corrected chi connectivity index (χ0v) is 11.3. The average Bonchev–Trinajstić information content (AvgIpc) is 2.86. The van der Waals surface area contributed by atoms with Crippen LogP contribution in [0.15, 0.2) is 24.3 Å². The number of alkyl halides is 1. The third-order valence-corrected chi connectivity index (χ3v) is 3.80. The first-order chi connectivity index (χ1) is 9.50. The van der Waals surface area contributed by atoms with Gasteiger partial charge in [0.1, 0.15) is 5.92 Å². The molecule has 0 saturated carbocycles. The second-order valence-corrected chi connectivity index (χ2v) is 5.08. The van der Waals surface area contributed by atoms with Crippen molar-refractivity contribution in [2.45, 2.75) is 24.6 Å². The van der Waals surface area contributed by atoms with Crippen molar-refractivity contribution in [1.29, 1.82) is 0 Å². The Bertz CT molecular complexity index is 462. The van der Waals surface area contributed by atoms with Gasteiger partial charge in [0.05, 0.1) is 12.6 Å². The Morgan fingerprint density at radius 1 is 1.50 bits per heavy atom. The van der Waals surface area contributed by atoms with E-state index >= 15 is 0 Å². The van der Waals surface area contributed by atoms with E-state index in [9.17, 15) is 14.0 Å². The zero-order valence-electron chi connectivity index (χ0n) is 11.3. The Balaban J connectivity index is 2.24. The predicted octanol–water partition coefficient (Wildman–Crippen LogP) is 1.16. The molecule has 110 valence electrons. The summed E-state index contributed by atoms with van der Waals surface area (Å²) in [5.41, 5.74) is -2.52. The first-order valence-electron chi connectivity index (χ1n) is 6.58. The van der Waals surface area contributed by atoms with Gasteiger partial charge in [-0.3, -0.25) is 9.59 Å². The monoisotopic (exact) mass is 283 g/mol. The Morgan fingerprint density at radius 2 is 2.25 bits per heavy atom. The molecule has 1 N–H and O–H groups in total. The third-order valence-electron chi connectivity index (χ3n) is 3.80. The van der Waals surface area contributed by atoms with Crippen LogP contribution in [0.5, 0.6) is 0 Å². The van der Waals surface area contributed by atoms with Crippen molar-refractivity contribution in [3.63, 3.8) is 0 Å². The molecule has 1 amide bonds. The van der Waals surface area contributed by atoms with Crippen molar-refractivity contribution in [3.8, 4) is 0 Å². The number of carboxylic acids is 1. The molecule has 5 nitrogen and oxygen atoms in total. The molecule has 0 radical (unpaired) electrons. The molecule has 0 aromatic carbocycles. The molecule has 1 saturated heterocycles. The average molecular weight is 283 g/mol. The number of ether oxygens (including phenoxy) is 1. The molecule has 3 atom stereocenters. The third kappa shape index (κ3) is 2.47. The summed E-state index contributed by atoms with van der Waals surface area (Å²) >= 11 is 0. The van der Waals surface area contributed by atoms with Crippen molar-refractivity contribution in [2.24, 2.45) is 5.92 Å². The van der Waals surface area contributed by atoms with E-state index in [2.05, 4.69) is 0 Å². The molecule has 0 aromatic heterocycles. The summed E-state index contributed by atoms with van der Waals surface area (Å²) in [4.78, 5) is 25.1. The van der Waals surface area contributed by atoms with E-state index in [1.165, 1.54) is 30.2 Å². The van der Waals surface area contributed by atoms with E-state index in [0.29, 0.717) is 13.2 Å². The second kappa shape index (κ2) is 5.75. The minimum absolute atomic E-state index is 0.186. The van der Waals surface area contributed by atoms with Crippen LogP contribution < -0.4 is 0 Å². The van der Waals surface area contributed by atoms with Crippen LogP contribution in [0.1, 0.15) is 12.8 Å². The molecule has 6 heteroatoms. The standard InChI is InChI=1S/C14H18FNO4/c1-20-9-10-5-4-8-16(10)13(19)14(15)7-3-2-6-11(14)12(17)18/h2-3,6-7,10-11H,4-5,8-9H2,1H3,(H,17,18). The fourth-order valence-electron chi connectivity index (χ4n) is 2.77. The number of carbonyl (C=O) groups is 2. The normalized spacial score (nSPS) is 32.6. The Hall–Kier alpha value is -1.69. The van der Waals surface area contributed by atoms with Gasteiger partial charge in [0.2, 0.25) is 5.67 Å². The highest BCUT2D eigenvalue weighted by Crippen LogP contribution is 2.34. The van der Waals surface area contributed by atoms with Gasteiger partial charge in [0.15, 0.2) is 0 Å². The van der Waals surface area contributed by atoms with E-state index in [1.807, 2.05) is 0 Å². The van der Waals surface area contributed by atoms with Gasteiger partial charge in [-0.2, -0.15) is 0 Å². The molecule has 20 heavy (non-hydrogen) atoms. The number of allylic oxidation sites excluding steroid dienone is 2. The summed E-state index contributed by atoms with van der Waals surface area (Å²) < 4.78 is 20.0. The molecule has 0 spiro atoms. The second-order valence-electron chi connectivity index (χ2n) is 5.08. The molecule has 1 heterocycles. The van der Waals surface area contributed by atoms with E-state index in [4.69, 9.17) is 9.84 Å². The summed E-state index contributed by atoms with van der Waals surface area (Å²) in [7, 11) is 1.52. The molecular formula is C14H18FNO4. The largest absolute Gasteiger partial charge is 0.481 e. The molecular weight excluding hydrogens is 265 g/mol. The fourth-order valence-corrected chi connectivity index (χ4v) is 2.77. The van der Waals surface area contributed by atoms with Gasteiger partial charge in [-0.05, 0) is 18.9 Å². The number of carboxylic acid groups (broad SMARTS) is 1. The van der Waals surface area contributed by atoms with Crippen LogP contribution in [0.25, 0.3) is 0 Å². The van der Waals surface area contributed by atoms with E-state index < -0.39 is 23.5 Å². The lowest BCUT2D eigenvalue weighted by molar-refractivity contribution is -0.155. The molecule has 1 aliphatic carbocycles. The van der Waals surface area contributed by atoms with Crippen molar-refractivity contribution in [2.75, 3.05) is 20.3 Å². The van der Waals surface area contributed by atoms with Crippen LogP contribution in [0, 0.1) is 5.92 Å². The Morgan fingerprint density at radius 3 is 2.90 bits per heavy atom. The summed E-state index contributed by atoms with van der Waals surface area (Å²) in [5, 5.41) is 9.11. The van der Waals surface area contributed by atoms with Crippen LogP contribution in [0.3, 0.4) is 0 Å². The van der Waals surface area contributed by atoms with E-state index in [-0.39, 0.29) is 6.04 Å². The summed E-state index contributed by atoms with van der Waals surface area (Å²) in [6, 6.07) is -0.186. The van der Waals surface area contributed by atoms with Gasteiger partial charge in [-0.15, -0.1) is 0 Å². The lowest BCUT2D eigenvalue weighted by atomic mass is 9.84. The number of carbonyl (C=O) groups excluding carboxylic acids is 1. The smallest absolute Gasteiger partial charge is 0.314 e. The maximum atomic E-state index is 15.0. The SMILES string of the molecule is COCC1CCCN1C(=O)C1(F)C=CC=CC1C(=O)O. The number of hydrogen-bond acceptors (Lipinski definition) is 3. The quantitative estimate of drug-likeness (QED) is 0.840. The number of likely N-dealkylation sites (tertiary alicyclic amines) is 1. The lowest BCUT2D eigenvalue weighted by Gasteiger charge is -2.34. The van der Waals surface area contributed by atoms with Crippen molar-refractivity contribution >= 4 is 11.9 Å². The summed E-state index contributed by atoms with van der Waals surface area (Å²) in [6.45, 7) is 0.765. The lowest BCUT2D eigenvalue weighted by Crippen LogP contribution is -2.53. The topological polar surface area (TPSA) is 66.8 Å². The van der Waals surface area contributed by atoms with E-state index in [1.54, 1.807) is 0 Å². The van der Waals surface area contributed by atoms with Crippen LogP contribution in [0.2, 0.25) is 0 Å². The Labute approximate surface area is 116 Å². The van der Waals surface area contributed by atoms with E-state index in [0.717, 1.165) is 18.9 Å². The minimum Gasteiger partial charge on any atom is -0.481 e. The number of hydrogen-bond donors (Lipinski definition) is 1. The first-order valence-corrected chi connectivity index (χ1v) is 6.58. The summed E-state index contributed by atoms with van der Waals surface area (Å²) in [5.74, 6) is -3.61. The van der Waals surface area contributed by atoms with Crippen molar-refractivity contribution in [3.05, 3.63) is 24.3 Å². The van der Waals surface area contributed by atoms with Crippen LogP contribution in [0.4, 0.5) is 4.39 Å². The highest BCUT2D eigenvalue weighted by Gasteiger charge is 2.51. The maximum absolute atomic E-state index is 15.0. The van der Waals surface area contributed by atoms with Crippen LogP contribution in [-0.2, 0) is 14.3 Å². The molecule has 2 aliphatic rings. The number of nitrogens with zero attached hydrogens (tertiary/aromatic N) is 1. The molecule has 0 aromatic rings. The molecule has 1 aliphatic heterocycles. The van der Waals surface area contributed by atoms with Gasteiger partial charge >= 0.3 is 5.97 Å². The van der Waals surface area contributed by atoms with Crippen molar-refractivity contribution in [1.82, 2.24) is 4.90 Å². The Kier molecular flexibility index (Phi) is 4.23. The number of amides is 1. The zero-order chi connectivity index (χ0) is 14.8. The number of methoxy groups -OCH3 is 1. The van der Waals surface area contributed by atoms with Crippen LogP contribution >= 0.6 is 0 Å². The molecule has 2 rings (SSSR count). The van der Waals surface area contributed by atoms with Gasteiger partial charge in [-0.1, -0.05) is 18.2 Å². The van der Waals surface area contributed by atoms with Gasteiger partial charge in [-0.25, -0.2) is 4.39 Å². The maximum Gasteiger partial charge on any atom is 0.314 e. The number of halogens is 1. The molecule has 3 unspecified atom stereocenters. The number of aliphatic carboxylic acids is 1. The minimum atomic E-state index is -2.52. The summed E-state index contributed by atoms with van der Waals surface area (Å²) in [6.07, 6.45) is 6.58. The van der Waals surface area contributed by atoms with Crippen LogP contribution in [-0.4, -0.2) is 53.9 Å². The van der Waals surface area contributed by atoms with Gasteiger partial charge in [0, 0.05) is 13.7 Å². The fraction of sp³-hybridized carbons (Fsp3) is 0.571. The highest BCUT2D eigenvalue weighted by atomic mass is 19.1. The highest BCUT2D eigenvalue weighted by molar-refractivity contribution is 5.94. The first kappa shape index (κ1) is 14.7. The van der Waals surface area contributed by atoms with Gasteiger partial charge < -0.3 is 14.7 Å². The molecule has 0 bridgehead atoms. The van der Waals surface area contributed by atoms with Crippen molar-refractivity contribution < 1.29 is 23.8 Å². The van der Waals surface area contributed by atoms with Gasteiger partial charge in [0.25, 0.3) is 5.91 Å². The number of rotatable bonds is 4. The molecule has 1 fully saturated rings.